The Balaban J connectivity index is 2.76. The third-order valence-electron chi connectivity index (χ3n) is 2.32. The number of aryl methyl sites for hydroxylation is 1. The number of aromatic nitrogens is 2. The van der Waals surface area contributed by atoms with Crippen molar-refractivity contribution >= 4 is 39.2 Å². The molecule has 1 aromatic carbocycles. The fourth-order valence-electron chi connectivity index (χ4n) is 1.72. The molecule has 15 heavy (non-hydrogen) atoms. The van der Waals surface area contributed by atoms with Crippen LogP contribution in [0.4, 0.5) is 0 Å². The lowest BCUT2D eigenvalue weighted by atomic mass is 10.2. The van der Waals surface area contributed by atoms with Crippen LogP contribution in [-0.2, 0) is 6.54 Å². The summed E-state index contributed by atoms with van der Waals surface area (Å²) in [4.78, 5) is 3.19. The van der Waals surface area contributed by atoms with E-state index in [1.807, 2.05) is 12.1 Å². The van der Waals surface area contributed by atoms with Crippen LogP contribution in [0, 0.1) is 11.7 Å². The van der Waals surface area contributed by atoms with Crippen molar-refractivity contribution in [1.82, 2.24) is 9.55 Å². The predicted octanol–water partition coefficient (Wildman–Crippen LogP) is 3.92. The minimum absolute atomic E-state index is 0.698. The first kappa shape index (κ1) is 10.6. The molecule has 1 heterocycles. The molecule has 78 valence electrons. The Hall–Kier alpha value is -0.870. The summed E-state index contributed by atoms with van der Waals surface area (Å²) in [5.41, 5.74) is 3.45. The first-order valence-corrected chi connectivity index (χ1v) is 5.81. The molecule has 0 saturated heterocycles. The standard InChI is InChI=1S/C11H11BrN2S/c1-7-4-3-5-9-10(7)14(6-8(2)12)11(15)13-9/h3-5H,2,6H2,1H3,(H,13,15). The van der Waals surface area contributed by atoms with Crippen LogP contribution in [0.3, 0.4) is 0 Å². The second-order valence-electron chi connectivity index (χ2n) is 3.50. The third-order valence-corrected chi connectivity index (χ3v) is 2.90. The molecule has 0 bridgehead atoms. The molecule has 2 rings (SSSR count). The number of nitrogens with zero attached hydrogens (tertiary/aromatic N) is 1. The number of benzene rings is 1. The number of hydrogen-bond acceptors (Lipinski definition) is 1. The van der Waals surface area contributed by atoms with E-state index in [1.54, 1.807) is 0 Å². The van der Waals surface area contributed by atoms with Crippen molar-refractivity contribution in [1.29, 1.82) is 0 Å². The van der Waals surface area contributed by atoms with Gasteiger partial charge in [0, 0.05) is 4.48 Å². The van der Waals surface area contributed by atoms with Gasteiger partial charge in [0.15, 0.2) is 4.77 Å². The van der Waals surface area contributed by atoms with Gasteiger partial charge in [-0.15, -0.1) is 0 Å². The van der Waals surface area contributed by atoms with E-state index in [0.29, 0.717) is 6.54 Å². The second-order valence-corrected chi connectivity index (χ2v) is 5.01. The summed E-state index contributed by atoms with van der Waals surface area (Å²) in [6.07, 6.45) is 0. The number of allylic oxidation sites excluding steroid dienone is 1. The molecule has 0 spiro atoms. The summed E-state index contributed by atoms with van der Waals surface area (Å²) in [5, 5.41) is 0. The molecule has 2 nitrogen and oxygen atoms in total. The fraction of sp³-hybridized carbons (Fsp3) is 0.182. The highest BCUT2D eigenvalue weighted by Crippen LogP contribution is 2.20. The summed E-state index contributed by atoms with van der Waals surface area (Å²) < 4.78 is 3.71. The average Bonchev–Trinajstić information content (AvgIpc) is 2.43. The van der Waals surface area contributed by atoms with E-state index in [0.717, 1.165) is 20.3 Å². The van der Waals surface area contributed by atoms with Crippen molar-refractivity contribution in [3.63, 3.8) is 0 Å². The van der Waals surface area contributed by atoms with Crippen LogP contribution in [0.2, 0.25) is 0 Å². The zero-order valence-corrected chi connectivity index (χ0v) is 10.8. The molecule has 4 heteroatoms. The van der Waals surface area contributed by atoms with Crippen LogP contribution in [0.5, 0.6) is 0 Å². The summed E-state index contributed by atoms with van der Waals surface area (Å²) in [6, 6.07) is 6.14. The number of aromatic amines is 1. The molecule has 0 aliphatic heterocycles. The summed E-state index contributed by atoms with van der Waals surface area (Å²) in [5.74, 6) is 0. The minimum atomic E-state index is 0.698. The highest BCUT2D eigenvalue weighted by Gasteiger charge is 2.06. The van der Waals surface area contributed by atoms with Crippen molar-refractivity contribution in [3.05, 3.63) is 39.6 Å². The Morgan fingerprint density at radius 1 is 1.60 bits per heavy atom. The van der Waals surface area contributed by atoms with E-state index < -0.39 is 0 Å². The number of H-pyrrole nitrogens is 1. The van der Waals surface area contributed by atoms with Gasteiger partial charge in [0.25, 0.3) is 0 Å². The van der Waals surface area contributed by atoms with E-state index in [1.165, 1.54) is 5.56 Å². The van der Waals surface area contributed by atoms with Gasteiger partial charge in [-0.2, -0.15) is 0 Å². The Bertz CT molecular complexity index is 580. The van der Waals surface area contributed by atoms with E-state index in [4.69, 9.17) is 12.2 Å². The SMILES string of the molecule is C=C(Br)Cn1c(=S)[nH]c2cccc(C)c21. The maximum absolute atomic E-state index is 5.28. The molecule has 0 aliphatic rings. The lowest BCUT2D eigenvalue weighted by Gasteiger charge is -2.04. The molecule has 0 aliphatic carbocycles. The second kappa shape index (κ2) is 3.94. The lowest BCUT2D eigenvalue weighted by molar-refractivity contribution is 0.827. The van der Waals surface area contributed by atoms with Gasteiger partial charge >= 0.3 is 0 Å². The van der Waals surface area contributed by atoms with Crippen molar-refractivity contribution in [2.45, 2.75) is 13.5 Å². The van der Waals surface area contributed by atoms with Crippen LogP contribution >= 0.6 is 28.1 Å². The number of rotatable bonds is 2. The molecule has 0 radical (unpaired) electrons. The monoisotopic (exact) mass is 282 g/mol. The van der Waals surface area contributed by atoms with Gasteiger partial charge in [-0.1, -0.05) is 34.6 Å². The Morgan fingerprint density at radius 2 is 2.33 bits per heavy atom. The Kier molecular flexibility index (Phi) is 2.80. The quantitative estimate of drug-likeness (QED) is 0.828. The molecule has 1 aromatic heterocycles. The Labute approximate surface area is 102 Å². The van der Waals surface area contributed by atoms with Crippen LogP contribution in [0.25, 0.3) is 11.0 Å². The molecule has 1 N–H and O–H groups in total. The summed E-state index contributed by atoms with van der Waals surface area (Å²) in [7, 11) is 0. The van der Waals surface area contributed by atoms with Crippen molar-refractivity contribution in [2.75, 3.05) is 0 Å². The number of nitrogens with one attached hydrogen (secondary N) is 1. The van der Waals surface area contributed by atoms with Crippen LogP contribution < -0.4 is 0 Å². The van der Waals surface area contributed by atoms with Crippen molar-refractivity contribution < 1.29 is 0 Å². The normalized spacial score (nSPS) is 10.8. The highest BCUT2D eigenvalue weighted by atomic mass is 79.9. The number of fused-ring (bicyclic) bond motifs is 1. The van der Waals surface area contributed by atoms with Crippen molar-refractivity contribution in [3.8, 4) is 0 Å². The molecule has 0 saturated carbocycles. The van der Waals surface area contributed by atoms with Gasteiger partial charge in [-0.25, -0.2) is 0 Å². The number of hydrogen-bond donors (Lipinski definition) is 1. The third kappa shape index (κ3) is 1.92. The first-order valence-electron chi connectivity index (χ1n) is 4.61. The first-order chi connectivity index (χ1) is 7.09. The van der Waals surface area contributed by atoms with E-state index in [9.17, 15) is 0 Å². The predicted molar refractivity (Wildman–Crippen MR) is 69.9 cm³/mol. The number of halogens is 1. The molecule has 0 fully saturated rings. The smallest absolute Gasteiger partial charge is 0.178 e. The van der Waals surface area contributed by atoms with Gasteiger partial charge in [0.05, 0.1) is 17.6 Å². The van der Waals surface area contributed by atoms with Gasteiger partial charge in [0.2, 0.25) is 0 Å². The van der Waals surface area contributed by atoms with E-state index in [2.05, 4.69) is 45.1 Å². The van der Waals surface area contributed by atoms with Crippen LogP contribution in [-0.4, -0.2) is 9.55 Å². The van der Waals surface area contributed by atoms with Gasteiger partial charge in [0.1, 0.15) is 0 Å². The average molecular weight is 283 g/mol. The molecule has 0 amide bonds. The molecular formula is C11H11BrN2S. The summed E-state index contributed by atoms with van der Waals surface area (Å²) in [6.45, 7) is 6.62. The Morgan fingerprint density at radius 3 is 3.00 bits per heavy atom. The molecule has 0 atom stereocenters. The van der Waals surface area contributed by atoms with E-state index in [-0.39, 0.29) is 0 Å². The van der Waals surface area contributed by atoms with Crippen LogP contribution in [0.1, 0.15) is 5.56 Å². The maximum Gasteiger partial charge on any atom is 0.178 e. The van der Waals surface area contributed by atoms with Gasteiger partial charge in [-0.05, 0) is 30.8 Å². The fourth-order valence-corrected chi connectivity index (χ4v) is 2.24. The largest absolute Gasteiger partial charge is 0.331 e. The molecule has 0 unspecified atom stereocenters. The van der Waals surface area contributed by atoms with E-state index >= 15 is 0 Å². The number of para-hydroxylation sites is 1. The van der Waals surface area contributed by atoms with Gasteiger partial charge in [-0.3, -0.25) is 0 Å². The zero-order chi connectivity index (χ0) is 11.0. The van der Waals surface area contributed by atoms with Gasteiger partial charge < -0.3 is 9.55 Å². The zero-order valence-electron chi connectivity index (χ0n) is 8.38. The highest BCUT2D eigenvalue weighted by molar-refractivity contribution is 9.11. The molecular weight excluding hydrogens is 272 g/mol. The topological polar surface area (TPSA) is 20.7 Å². The summed E-state index contributed by atoms with van der Waals surface area (Å²) >= 11 is 8.64. The number of imidazole rings is 1. The molecule has 2 aromatic rings. The maximum atomic E-state index is 5.28. The lowest BCUT2D eigenvalue weighted by Crippen LogP contribution is -1.98. The minimum Gasteiger partial charge on any atom is -0.331 e. The van der Waals surface area contributed by atoms with Crippen molar-refractivity contribution in [2.24, 2.45) is 0 Å². The van der Waals surface area contributed by atoms with Crippen LogP contribution in [0.15, 0.2) is 29.3 Å².